The molecule has 3 aromatic heterocycles. The van der Waals surface area contributed by atoms with Gasteiger partial charge in [0, 0.05) is 41.4 Å². The van der Waals surface area contributed by atoms with Crippen molar-refractivity contribution >= 4 is 28.6 Å². The fourth-order valence-corrected chi connectivity index (χ4v) is 5.27. The Kier molecular flexibility index (Phi) is 5.24. The lowest BCUT2D eigenvalue weighted by molar-refractivity contribution is 0.0373. The van der Waals surface area contributed by atoms with Gasteiger partial charge in [-0.3, -0.25) is 4.79 Å². The molecule has 6 rings (SSSR count). The Balaban J connectivity index is 1.34. The number of para-hydroxylation sites is 1. The molecule has 0 bridgehead atoms. The summed E-state index contributed by atoms with van der Waals surface area (Å²) in [6.45, 7) is 4.06. The number of carbonyl (C=O) groups excluding carboxylic acids is 2. The number of carbonyl (C=O) groups is 2. The van der Waals surface area contributed by atoms with Gasteiger partial charge >= 0.3 is 6.09 Å². The minimum Gasteiger partial charge on any atom is -0.445 e. The van der Waals surface area contributed by atoms with Crippen molar-refractivity contribution in [3.05, 3.63) is 59.9 Å². The highest BCUT2D eigenvalue weighted by Gasteiger charge is 2.28. The van der Waals surface area contributed by atoms with Crippen molar-refractivity contribution in [2.75, 3.05) is 13.1 Å². The number of amides is 2. The molecule has 1 saturated heterocycles. The van der Waals surface area contributed by atoms with Gasteiger partial charge in [0.25, 0.3) is 5.91 Å². The van der Waals surface area contributed by atoms with Crippen molar-refractivity contribution in [1.82, 2.24) is 18.9 Å². The second kappa shape index (κ2) is 8.45. The number of fused-ring (bicyclic) bond motifs is 2. The summed E-state index contributed by atoms with van der Waals surface area (Å²) < 4.78 is 9.59. The number of hydrogen-bond acceptors (Lipinski definition) is 4. The van der Waals surface area contributed by atoms with Gasteiger partial charge in [0.1, 0.15) is 17.4 Å². The Morgan fingerprint density at radius 3 is 2.77 bits per heavy atom. The first-order valence-electron chi connectivity index (χ1n) is 12.3. The lowest BCUT2D eigenvalue weighted by Crippen LogP contribution is -2.44. The van der Waals surface area contributed by atoms with Crippen molar-refractivity contribution in [3.63, 3.8) is 0 Å². The first kappa shape index (κ1) is 21.7. The molecule has 1 aromatic carbocycles. The van der Waals surface area contributed by atoms with E-state index in [1.54, 1.807) is 4.90 Å². The first-order valence-corrected chi connectivity index (χ1v) is 12.3. The van der Waals surface area contributed by atoms with Crippen LogP contribution >= 0.6 is 0 Å². The smallest absolute Gasteiger partial charge is 0.404 e. The van der Waals surface area contributed by atoms with E-state index in [2.05, 4.69) is 41.8 Å². The summed E-state index contributed by atoms with van der Waals surface area (Å²) in [4.78, 5) is 31.1. The summed E-state index contributed by atoms with van der Waals surface area (Å²) in [7, 11) is 0. The van der Waals surface area contributed by atoms with Crippen molar-refractivity contribution in [1.29, 1.82) is 0 Å². The van der Waals surface area contributed by atoms with Crippen LogP contribution in [0.25, 0.3) is 27.9 Å². The van der Waals surface area contributed by atoms with E-state index in [0.29, 0.717) is 25.1 Å². The van der Waals surface area contributed by atoms with Crippen LogP contribution in [0.4, 0.5) is 4.79 Å². The van der Waals surface area contributed by atoms with E-state index in [9.17, 15) is 9.59 Å². The maximum absolute atomic E-state index is 13.2. The van der Waals surface area contributed by atoms with Crippen LogP contribution in [0.3, 0.4) is 0 Å². The molecule has 1 aliphatic carbocycles. The van der Waals surface area contributed by atoms with Crippen molar-refractivity contribution in [3.8, 4) is 11.4 Å². The molecule has 0 radical (unpaired) electrons. The number of ether oxygens (including phenoxy) is 1. The maximum Gasteiger partial charge on any atom is 0.404 e. The minimum atomic E-state index is -0.801. The standard InChI is InChI=1S/C27H29N5O3/c1-17-25(23-13-19-5-2-3-7-22(19)32(23)15-18-8-9-18)29-24-14-20(10-12-31(17)24)26(33)30-11-4-6-21(16-30)35-27(28)34/h2-3,5,7,10,12-14,18,21H,4,6,8-9,11,15-16H2,1H3,(H2,28,34). The van der Waals surface area contributed by atoms with E-state index in [1.165, 1.54) is 23.7 Å². The van der Waals surface area contributed by atoms with Gasteiger partial charge in [0.2, 0.25) is 0 Å². The number of aromatic nitrogens is 3. The van der Waals surface area contributed by atoms with Gasteiger partial charge < -0.3 is 24.3 Å². The third-order valence-corrected chi connectivity index (χ3v) is 7.25. The molecule has 2 amide bonds. The second-order valence-corrected chi connectivity index (χ2v) is 9.78. The third kappa shape index (κ3) is 4.03. The fraction of sp³-hybridized carbons (Fsp3) is 0.370. The molecular weight excluding hydrogens is 442 g/mol. The van der Waals surface area contributed by atoms with Crippen LogP contribution in [-0.2, 0) is 11.3 Å². The predicted octanol–water partition coefficient (Wildman–Crippen LogP) is 4.37. The molecule has 4 heterocycles. The van der Waals surface area contributed by atoms with E-state index < -0.39 is 6.09 Å². The number of piperidine rings is 1. The number of rotatable bonds is 5. The SMILES string of the molecule is Cc1c(-c2cc3ccccc3n2CC2CC2)nc2cc(C(=O)N3CCCC(OC(N)=O)C3)ccn12. The zero-order valence-electron chi connectivity index (χ0n) is 19.8. The molecule has 0 spiro atoms. The van der Waals surface area contributed by atoms with Crippen molar-refractivity contribution in [2.45, 2.75) is 45.3 Å². The summed E-state index contributed by atoms with van der Waals surface area (Å²) in [5.41, 5.74) is 10.8. The van der Waals surface area contributed by atoms with E-state index in [0.717, 1.165) is 41.6 Å². The zero-order chi connectivity index (χ0) is 24.1. The molecule has 8 heteroatoms. The molecule has 2 N–H and O–H groups in total. The Morgan fingerprint density at radius 1 is 1.14 bits per heavy atom. The Hall–Kier alpha value is -3.81. The monoisotopic (exact) mass is 471 g/mol. The van der Waals surface area contributed by atoms with Crippen LogP contribution in [0.2, 0.25) is 0 Å². The van der Waals surface area contributed by atoms with Gasteiger partial charge in [0.05, 0.1) is 12.2 Å². The van der Waals surface area contributed by atoms with E-state index >= 15 is 0 Å². The summed E-state index contributed by atoms with van der Waals surface area (Å²) in [5.74, 6) is 0.647. The first-order chi connectivity index (χ1) is 17.0. The number of benzene rings is 1. The topological polar surface area (TPSA) is 94.9 Å². The number of nitrogens with zero attached hydrogens (tertiary/aromatic N) is 4. The van der Waals surface area contributed by atoms with Crippen molar-refractivity contribution < 1.29 is 14.3 Å². The van der Waals surface area contributed by atoms with Crippen molar-refractivity contribution in [2.24, 2.45) is 11.7 Å². The van der Waals surface area contributed by atoms with Gasteiger partial charge in [-0.1, -0.05) is 18.2 Å². The van der Waals surface area contributed by atoms with Gasteiger partial charge in [-0.05, 0) is 62.8 Å². The van der Waals surface area contributed by atoms with Crippen LogP contribution in [0.15, 0.2) is 48.7 Å². The number of nitrogens with two attached hydrogens (primary N) is 1. The largest absolute Gasteiger partial charge is 0.445 e. The van der Waals surface area contributed by atoms with Crippen LogP contribution in [-0.4, -0.2) is 50.0 Å². The van der Waals surface area contributed by atoms with Gasteiger partial charge in [0.15, 0.2) is 0 Å². The van der Waals surface area contributed by atoms with Gasteiger partial charge in [-0.25, -0.2) is 9.78 Å². The molecule has 35 heavy (non-hydrogen) atoms. The summed E-state index contributed by atoms with van der Waals surface area (Å²) in [5, 5.41) is 1.22. The molecule has 180 valence electrons. The average Bonchev–Trinajstić information content (AvgIpc) is 3.52. The molecule has 1 aliphatic heterocycles. The quantitative estimate of drug-likeness (QED) is 0.467. The molecule has 1 atom stereocenters. The average molecular weight is 472 g/mol. The molecule has 2 fully saturated rings. The Morgan fingerprint density at radius 2 is 1.97 bits per heavy atom. The van der Waals surface area contributed by atoms with Crippen LogP contribution in [0.1, 0.15) is 41.7 Å². The summed E-state index contributed by atoms with van der Waals surface area (Å²) in [6.07, 6.45) is 4.80. The molecule has 1 saturated carbocycles. The van der Waals surface area contributed by atoms with Crippen LogP contribution < -0.4 is 5.73 Å². The summed E-state index contributed by atoms with van der Waals surface area (Å²) >= 11 is 0. The van der Waals surface area contributed by atoms with E-state index in [-0.39, 0.29) is 12.0 Å². The molecular formula is C27H29N5O3. The molecule has 2 aliphatic rings. The van der Waals surface area contributed by atoms with Gasteiger partial charge in [-0.2, -0.15) is 0 Å². The third-order valence-electron chi connectivity index (χ3n) is 7.25. The van der Waals surface area contributed by atoms with Crippen LogP contribution in [0.5, 0.6) is 0 Å². The highest BCUT2D eigenvalue weighted by Crippen LogP contribution is 2.36. The number of primary amides is 1. The lowest BCUT2D eigenvalue weighted by Gasteiger charge is -2.32. The zero-order valence-corrected chi connectivity index (χ0v) is 19.8. The summed E-state index contributed by atoms with van der Waals surface area (Å²) in [6, 6.07) is 14.4. The number of hydrogen-bond donors (Lipinski definition) is 1. The number of pyridine rings is 1. The highest BCUT2D eigenvalue weighted by molar-refractivity contribution is 5.95. The lowest BCUT2D eigenvalue weighted by atomic mass is 10.1. The second-order valence-electron chi connectivity index (χ2n) is 9.78. The normalized spacial score (nSPS) is 18.3. The number of imidazole rings is 1. The predicted molar refractivity (Wildman–Crippen MR) is 133 cm³/mol. The number of likely N-dealkylation sites (tertiary alicyclic amines) is 1. The van der Waals surface area contributed by atoms with Crippen LogP contribution in [0, 0.1) is 12.8 Å². The molecule has 8 nitrogen and oxygen atoms in total. The molecule has 4 aromatic rings. The Bertz CT molecular complexity index is 1450. The highest BCUT2D eigenvalue weighted by atomic mass is 16.6. The fourth-order valence-electron chi connectivity index (χ4n) is 5.27. The van der Waals surface area contributed by atoms with E-state index in [1.807, 2.05) is 22.7 Å². The maximum atomic E-state index is 13.2. The molecule has 1 unspecified atom stereocenters. The number of aryl methyl sites for hydroxylation is 1. The Labute approximate surface area is 203 Å². The minimum absolute atomic E-state index is 0.0877. The van der Waals surface area contributed by atoms with E-state index in [4.69, 9.17) is 15.5 Å². The van der Waals surface area contributed by atoms with Gasteiger partial charge in [-0.15, -0.1) is 0 Å².